The first-order valence-electron chi connectivity index (χ1n) is 8.24. The third-order valence-corrected chi connectivity index (χ3v) is 5.89. The van der Waals surface area contributed by atoms with Gasteiger partial charge in [-0.15, -0.1) is 0 Å². The predicted octanol–water partition coefficient (Wildman–Crippen LogP) is 3.50. The second kappa shape index (κ2) is 6.83. The van der Waals surface area contributed by atoms with E-state index < -0.39 is 0 Å². The van der Waals surface area contributed by atoms with Gasteiger partial charge in [-0.2, -0.15) is 0 Å². The highest BCUT2D eigenvalue weighted by Gasteiger charge is 2.27. The minimum absolute atomic E-state index is 0.436. The molecule has 3 rings (SSSR count). The Labute approximate surface area is 142 Å². The van der Waals surface area contributed by atoms with Gasteiger partial charge >= 0.3 is 0 Å². The summed E-state index contributed by atoms with van der Waals surface area (Å²) in [7, 11) is 0. The van der Waals surface area contributed by atoms with E-state index in [0.717, 1.165) is 22.3 Å². The molecule has 0 spiro atoms. The molecule has 0 saturated heterocycles. The van der Waals surface area contributed by atoms with Crippen molar-refractivity contribution in [3.8, 4) is 0 Å². The monoisotopic (exact) mass is 331 g/mol. The molecular weight excluding hydrogens is 306 g/mol. The van der Waals surface area contributed by atoms with Gasteiger partial charge in [0.1, 0.15) is 5.03 Å². The van der Waals surface area contributed by atoms with Gasteiger partial charge in [-0.05, 0) is 36.7 Å². The Bertz CT molecular complexity index is 640. The lowest BCUT2D eigenvalue weighted by Gasteiger charge is -2.34. The first kappa shape index (κ1) is 16.2. The minimum Gasteiger partial charge on any atom is -0.395 e. The summed E-state index contributed by atoms with van der Waals surface area (Å²) in [6, 6.07) is 2.29. The fraction of sp³-hybridized carbons (Fsp3) is 0.529. The highest BCUT2D eigenvalue weighted by molar-refractivity contribution is 8.06. The van der Waals surface area contributed by atoms with Crippen LogP contribution in [0.15, 0.2) is 28.4 Å². The number of nitrogens with two attached hydrogens (primary N) is 1. The molecule has 3 atom stereocenters. The van der Waals surface area contributed by atoms with Crippen molar-refractivity contribution < 1.29 is 0 Å². The van der Waals surface area contributed by atoms with Crippen molar-refractivity contribution in [3.63, 3.8) is 0 Å². The summed E-state index contributed by atoms with van der Waals surface area (Å²) in [4.78, 5) is 8.99. The molecule has 2 heterocycles. The number of nitrogens with one attached hydrogen (secondary N) is 2. The molecule has 1 aliphatic carbocycles. The quantitative estimate of drug-likeness (QED) is 0.787. The average molecular weight is 331 g/mol. The molecule has 4 N–H and O–H groups in total. The third kappa shape index (κ3) is 3.63. The maximum atomic E-state index is 6.26. The normalized spacial score (nSPS) is 29.7. The SMILES string of the molecule is CC1=CS/C(=C(/N)c2ccnc(NC3CCCC(C)C3C)n2)N1. The lowest BCUT2D eigenvalue weighted by atomic mass is 9.78. The van der Waals surface area contributed by atoms with Crippen LogP contribution in [0.1, 0.15) is 45.7 Å². The summed E-state index contributed by atoms with van der Waals surface area (Å²) >= 11 is 1.60. The Morgan fingerprint density at radius 1 is 1.39 bits per heavy atom. The standard InChI is InChI=1S/C17H25N5S/c1-10-5-4-6-13(12(10)3)21-17-19-8-7-14(22-17)15(18)16-20-11(2)9-23-16/h7-10,12-13,20H,4-6,18H2,1-3H3,(H,19,21,22)/b16-15+. The molecule has 6 heteroatoms. The summed E-state index contributed by atoms with van der Waals surface area (Å²) in [5, 5.41) is 9.76. The van der Waals surface area contributed by atoms with Crippen molar-refractivity contribution >= 4 is 23.4 Å². The molecule has 0 aromatic carbocycles. The van der Waals surface area contributed by atoms with Crippen molar-refractivity contribution in [1.29, 1.82) is 0 Å². The first-order valence-corrected chi connectivity index (χ1v) is 9.12. The van der Waals surface area contributed by atoms with Crippen molar-refractivity contribution in [1.82, 2.24) is 15.3 Å². The summed E-state index contributed by atoms with van der Waals surface area (Å²) < 4.78 is 0. The summed E-state index contributed by atoms with van der Waals surface area (Å²) in [6.07, 6.45) is 5.53. The molecule has 0 bridgehead atoms. The number of thioether (sulfide) groups is 1. The van der Waals surface area contributed by atoms with Crippen LogP contribution in [0.5, 0.6) is 0 Å². The maximum Gasteiger partial charge on any atom is 0.223 e. The van der Waals surface area contributed by atoms with Gasteiger partial charge in [0.15, 0.2) is 0 Å². The molecule has 1 aliphatic heterocycles. The summed E-state index contributed by atoms with van der Waals surface area (Å²) in [5.74, 6) is 2.04. The van der Waals surface area contributed by atoms with E-state index in [1.54, 1.807) is 18.0 Å². The van der Waals surface area contributed by atoms with Crippen molar-refractivity contribution in [3.05, 3.63) is 34.1 Å². The second-order valence-corrected chi connectivity index (χ2v) is 7.45. The third-order valence-electron chi connectivity index (χ3n) is 4.86. The molecule has 5 nitrogen and oxygen atoms in total. The molecule has 3 unspecified atom stereocenters. The number of anilines is 1. The Kier molecular flexibility index (Phi) is 4.80. The lowest BCUT2D eigenvalue weighted by Crippen LogP contribution is -2.35. The van der Waals surface area contributed by atoms with E-state index in [-0.39, 0.29) is 0 Å². The molecule has 1 fully saturated rings. The molecule has 1 aromatic heterocycles. The zero-order chi connectivity index (χ0) is 16.4. The zero-order valence-electron chi connectivity index (χ0n) is 14.0. The number of nitrogens with zero attached hydrogens (tertiary/aromatic N) is 2. The number of rotatable bonds is 3. The average Bonchev–Trinajstić information content (AvgIpc) is 2.98. The Hall–Kier alpha value is -1.69. The summed E-state index contributed by atoms with van der Waals surface area (Å²) in [5.41, 5.74) is 8.79. The van der Waals surface area contributed by atoms with E-state index in [2.05, 4.69) is 34.4 Å². The van der Waals surface area contributed by atoms with Crippen LogP contribution in [-0.4, -0.2) is 16.0 Å². The molecule has 23 heavy (non-hydrogen) atoms. The van der Waals surface area contributed by atoms with Crippen LogP contribution in [0.3, 0.4) is 0 Å². The number of allylic oxidation sites excluding steroid dienone is 1. The summed E-state index contributed by atoms with van der Waals surface area (Å²) in [6.45, 7) is 6.66. The van der Waals surface area contributed by atoms with Crippen LogP contribution < -0.4 is 16.4 Å². The fourth-order valence-electron chi connectivity index (χ4n) is 3.16. The Balaban J connectivity index is 1.75. The van der Waals surface area contributed by atoms with Crippen molar-refractivity contribution in [2.75, 3.05) is 5.32 Å². The van der Waals surface area contributed by atoms with Gasteiger partial charge in [-0.25, -0.2) is 9.97 Å². The molecule has 2 aliphatic rings. The Morgan fingerprint density at radius 3 is 2.96 bits per heavy atom. The van der Waals surface area contributed by atoms with Gasteiger partial charge in [0.25, 0.3) is 0 Å². The predicted molar refractivity (Wildman–Crippen MR) is 97.2 cm³/mol. The molecule has 0 amide bonds. The van der Waals surface area contributed by atoms with E-state index >= 15 is 0 Å². The highest BCUT2D eigenvalue weighted by atomic mass is 32.2. The minimum atomic E-state index is 0.436. The van der Waals surface area contributed by atoms with Gasteiger partial charge in [-0.1, -0.05) is 38.5 Å². The molecule has 1 aromatic rings. The van der Waals surface area contributed by atoms with Gasteiger partial charge in [0.2, 0.25) is 5.95 Å². The molecule has 1 saturated carbocycles. The molecule has 0 radical (unpaired) electrons. The lowest BCUT2D eigenvalue weighted by molar-refractivity contribution is 0.252. The number of hydrogen-bond acceptors (Lipinski definition) is 6. The van der Waals surface area contributed by atoms with Gasteiger partial charge < -0.3 is 16.4 Å². The number of aromatic nitrogens is 2. The van der Waals surface area contributed by atoms with Crippen LogP contribution in [0, 0.1) is 11.8 Å². The first-order chi connectivity index (χ1) is 11.0. The van der Waals surface area contributed by atoms with Crippen molar-refractivity contribution in [2.45, 2.75) is 46.1 Å². The van der Waals surface area contributed by atoms with E-state index in [1.807, 2.05) is 18.4 Å². The van der Waals surface area contributed by atoms with Crippen LogP contribution in [0.2, 0.25) is 0 Å². The van der Waals surface area contributed by atoms with E-state index in [1.165, 1.54) is 19.3 Å². The topological polar surface area (TPSA) is 75.9 Å². The smallest absolute Gasteiger partial charge is 0.223 e. The van der Waals surface area contributed by atoms with Crippen LogP contribution >= 0.6 is 11.8 Å². The fourth-order valence-corrected chi connectivity index (χ4v) is 3.97. The largest absolute Gasteiger partial charge is 0.395 e. The maximum absolute atomic E-state index is 6.26. The highest BCUT2D eigenvalue weighted by Crippen LogP contribution is 2.31. The van der Waals surface area contributed by atoms with Crippen molar-refractivity contribution in [2.24, 2.45) is 17.6 Å². The van der Waals surface area contributed by atoms with E-state index in [4.69, 9.17) is 5.73 Å². The van der Waals surface area contributed by atoms with Gasteiger partial charge in [0.05, 0.1) is 11.4 Å². The molecule has 124 valence electrons. The second-order valence-electron chi connectivity index (χ2n) is 6.57. The Morgan fingerprint density at radius 2 is 2.22 bits per heavy atom. The zero-order valence-corrected chi connectivity index (χ0v) is 14.8. The molecular formula is C17H25N5S. The van der Waals surface area contributed by atoms with Crippen LogP contribution in [-0.2, 0) is 0 Å². The van der Waals surface area contributed by atoms with E-state index in [0.29, 0.717) is 23.6 Å². The van der Waals surface area contributed by atoms with Crippen LogP contribution in [0.25, 0.3) is 5.70 Å². The number of hydrogen-bond donors (Lipinski definition) is 3. The van der Waals surface area contributed by atoms with Gasteiger partial charge in [-0.3, -0.25) is 0 Å². The van der Waals surface area contributed by atoms with Gasteiger partial charge in [0, 0.05) is 17.9 Å². The van der Waals surface area contributed by atoms with Crippen LogP contribution in [0.4, 0.5) is 5.95 Å². The van der Waals surface area contributed by atoms with E-state index in [9.17, 15) is 0 Å².